The molecule has 2 nitrogen and oxygen atoms in total. The molecule has 0 aliphatic carbocycles. The summed E-state index contributed by atoms with van der Waals surface area (Å²) in [5.41, 5.74) is 0.873. The van der Waals surface area contributed by atoms with Crippen LogP contribution in [0.4, 0.5) is 0 Å². The Morgan fingerprint density at radius 1 is 0.800 bits per heavy atom. The van der Waals surface area contributed by atoms with Crippen LogP contribution in [0.2, 0.25) is 0 Å². The fourth-order valence-corrected chi connectivity index (χ4v) is 1.43. The molecule has 2 aromatic carbocycles. The smallest absolute Gasteiger partial charge is 0.192 e. The summed E-state index contributed by atoms with van der Waals surface area (Å²) in [6.07, 6.45) is 0. The predicted octanol–water partition coefficient (Wildman–Crippen LogP) is 2.20. The summed E-state index contributed by atoms with van der Waals surface area (Å²) in [4.78, 5) is 0. The van der Waals surface area contributed by atoms with E-state index in [0.717, 1.165) is 10.8 Å². The van der Waals surface area contributed by atoms with E-state index in [1.807, 2.05) is 36.4 Å². The van der Waals surface area contributed by atoms with Gasteiger partial charge in [-0.05, 0) is 22.9 Å². The Morgan fingerprint density at radius 3 is 1.53 bits per heavy atom. The first-order chi connectivity index (χ1) is 6.85. The summed E-state index contributed by atoms with van der Waals surface area (Å²) in [5, 5.41) is 19.6. The molecule has 2 aromatic rings. The van der Waals surface area contributed by atoms with Crippen molar-refractivity contribution >= 4 is 33.8 Å². The summed E-state index contributed by atoms with van der Waals surface area (Å²) in [6.45, 7) is 0. The van der Waals surface area contributed by atoms with Gasteiger partial charge in [0.25, 0.3) is 0 Å². The van der Waals surface area contributed by atoms with Gasteiger partial charge in [0.15, 0.2) is 0 Å². The number of hydrogen-bond acceptors (Lipinski definition) is 2. The molecule has 15 heavy (non-hydrogen) atoms. The van der Waals surface area contributed by atoms with Crippen LogP contribution in [-0.2, 0) is 0 Å². The summed E-state index contributed by atoms with van der Waals surface area (Å²) in [6, 6.07) is 15.2. The van der Waals surface area contributed by atoms with Crippen molar-refractivity contribution in [1.29, 1.82) is 10.5 Å². The molecule has 0 bridgehead atoms. The van der Waals surface area contributed by atoms with Crippen molar-refractivity contribution in [2.45, 2.75) is 0 Å². The summed E-state index contributed by atoms with van der Waals surface area (Å²) < 4.78 is 0. The van der Waals surface area contributed by atoms with Crippen LogP contribution >= 0.6 is 0 Å². The monoisotopic (exact) mass is 202 g/mol. The average Bonchev–Trinajstić information content (AvgIpc) is 2.27. The minimum Gasteiger partial charge on any atom is -0.192 e. The maximum absolute atomic E-state index is 8.81. The Bertz CT molecular complexity index is 524. The minimum absolute atomic E-state index is 0. The number of nitriles is 2. The van der Waals surface area contributed by atoms with Crippen molar-refractivity contribution in [1.82, 2.24) is 0 Å². The Hall–Kier alpha value is -1.55. The van der Waals surface area contributed by atoms with Gasteiger partial charge in [0.05, 0.1) is 11.1 Å². The van der Waals surface area contributed by atoms with Crippen molar-refractivity contribution in [3.63, 3.8) is 0 Å². The van der Waals surface area contributed by atoms with E-state index in [1.165, 1.54) is 0 Å². The van der Waals surface area contributed by atoms with E-state index in [4.69, 9.17) is 10.5 Å². The van der Waals surface area contributed by atoms with Gasteiger partial charge in [0.2, 0.25) is 0 Å². The Labute approximate surface area is 104 Å². The average molecular weight is 202 g/mol. The first-order valence-electron chi connectivity index (χ1n) is 4.18. The SMILES string of the molecule is N#Cc1cc2ccccc2cc1C#N.[Mg+2]. The number of nitrogens with zero attached hydrogens (tertiary/aromatic N) is 2. The van der Waals surface area contributed by atoms with E-state index in [0.29, 0.717) is 11.1 Å². The van der Waals surface area contributed by atoms with Crippen LogP contribution in [-0.4, -0.2) is 23.1 Å². The van der Waals surface area contributed by atoms with E-state index in [1.54, 1.807) is 12.1 Å². The molecular weight excluding hydrogens is 196 g/mol. The maximum Gasteiger partial charge on any atom is 2.00 e. The second kappa shape index (κ2) is 4.79. The van der Waals surface area contributed by atoms with Crippen LogP contribution in [0, 0.1) is 22.7 Å². The van der Waals surface area contributed by atoms with Gasteiger partial charge in [-0.1, -0.05) is 24.3 Å². The molecule has 0 aromatic heterocycles. The molecule has 0 heterocycles. The zero-order valence-corrected chi connectivity index (χ0v) is 9.48. The summed E-state index contributed by atoms with van der Waals surface area (Å²) >= 11 is 0. The number of fused-ring (bicyclic) bond motifs is 1. The molecule has 2 rings (SSSR count). The van der Waals surface area contributed by atoms with E-state index >= 15 is 0 Å². The molecule has 0 unspecified atom stereocenters. The standard InChI is InChI=1S/C12H6N2.Mg/c13-7-11-5-9-3-1-2-4-10(9)6-12(11)8-14;/h1-6H;/q;+2. The van der Waals surface area contributed by atoms with Crippen molar-refractivity contribution in [3.8, 4) is 12.1 Å². The third-order valence-corrected chi connectivity index (χ3v) is 2.13. The van der Waals surface area contributed by atoms with Crippen molar-refractivity contribution in [2.24, 2.45) is 0 Å². The predicted molar refractivity (Wildman–Crippen MR) is 59.1 cm³/mol. The molecular formula is C12H6MgN2+2. The van der Waals surface area contributed by atoms with Gasteiger partial charge >= 0.3 is 23.1 Å². The van der Waals surface area contributed by atoms with Crippen LogP contribution in [0.5, 0.6) is 0 Å². The van der Waals surface area contributed by atoms with Crippen LogP contribution in [0.3, 0.4) is 0 Å². The topological polar surface area (TPSA) is 47.6 Å². The van der Waals surface area contributed by atoms with Gasteiger partial charge in [0.1, 0.15) is 12.1 Å². The molecule has 64 valence electrons. The van der Waals surface area contributed by atoms with Gasteiger partial charge in [-0.3, -0.25) is 0 Å². The zero-order chi connectivity index (χ0) is 9.97. The molecule has 0 atom stereocenters. The van der Waals surface area contributed by atoms with Gasteiger partial charge < -0.3 is 0 Å². The molecule has 0 saturated heterocycles. The van der Waals surface area contributed by atoms with Crippen LogP contribution in [0.1, 0.15) is 11.1 Å². The third-order valence-electron chi connectivity index (χ3n) is 2.13. The Balaban J connectivity index is 0.00000112. The first-order valence-corrected chi connectivity index (χ1v) is 4.18. The van der Waals surface area contributed by atoms with Gasteiger partial charge in [-0.25, -0.2) is 0 Å². The summed E-state index contributed by atoms with van der Waals surface area (Å²) in [7, 11) is 0. The fraction of sp³-hybridized carbons (Fsp3) is 0. The van der Waals surface area contributed by atoms with E-state index < -0.39 is 0 Å². The number of rotatable bonds is 0. The van der Waals surface area contributed by atoms with Crippen molar-refractivity contribution < 1.29 is 0 Å². The van der Waals surface area contributed by atoms with Crippen LogP contribution in [0.15, 0.2) is 36.4 Å². The molecule has 0 aliphatic rings. The van der Waals surface area contributed by atoms with E-state index in [9.17, 15) is 0 Å². The minimum atomic E-state index is 0. The van der Waals surface area contributed by atoms with Crippen molar-refractivity contribution in [2.75, 3.05) is 0 Å². The first kappa shape index (κ1) is 11.5. The van der Waals surface area contributed by atoms with Crippen LogP contribution < -0.4 is 0 Å². The molecule has 3 heteroatoms. The molecule has 0 saturated carbocycles. The van der Waals surface area contributed by atoms with Gasteiger partial charge in [0, 0.05) is 0 Å². The third kappa shape index (κ3) is 2.10. The van der Waals surface area contributed by atoms with Gasteiger partial charge in [-0.15, -0.1) is 0 Å². The zero-order valence-electron chi connectivity index (χ0n) is 8.07. The molecule has 0 spiro atoms. The molecule has 0 amide bonds. The Morgan fingerprint density at radius 2 is 1.20 bits per heavy atom. The second-order valence-electron chi connectivity index (χ2n) is 2.97. The van der Waals surface area contributed by atoms with E-state index in [-0.39, 0.29) is 23.1 Å². The largest absolute Gasteiger partial charge is 2.00 e. The second-order valence-corrected chi connectivity index (χ2v) is 2.97. The van der Waals surface area contributed by atoms with Crippen molar-refractivity contribution in [3.05, 3.63) is 47.5 Å². The number of hydrogen-bond donors (Lipinski definition) is 0. The molecule has 0 N–H and O–H groups in total. The molecule has 0 fully saturated rings. The summed E-state index contributed by atoms with van der Waals surface area (Å²) in [5.74, 6) is 0. The molecule has 0 radical (unpaired) electrons. The quantitative estimate of drug-likeness (QED) is 0.615. The fourth-order valence-electron chi connectivity index (χ4n) is 1.43. The molecule has 0 aliphatic heterocycles. The number of benzene rings is 2. The Kier molecular flexibility index (Phi) is 3.68. The normalized spacial score (nSPS) is 8.67. The van der Waals surface area contributed by atoms with Gasteiger partial charge in [-0.2, -0.15) is 10.5 Å². The van der Waals surface area contributed by atoms with Crippen LogP contribution in [0.25, 0.3) is 10.8 Å². The maximum atomic E-state index is 8.81. The van der Waals surface area contributed by atoms with E-state index in [2.05, 4.69) is 0 Å².